The summed E-state index contributed by atoms with van der Waals surface area (Å²) in [6.45, 7) is 3.35. The summed E-state index contributed by atoms with van der Waals surface area (Å²) in [6, 6.07) is 8.99. The lowest BCUT2D eigenvalue weighted by Crippen LogP contribution is -2.30. The molecule has 0 bridgehead atoms. The number of hydrogen-bond donors (Lipinski definition) is 2. The second kappa shape index (κ2) is 4.78. The highest BCUT2D eigenvalue weighted by Gasteiger charge is 2.05. The van der Waals surface area contributed by atoms with Crippen LogP contribution in [0.4, 0.5) is 5.69 Å². The number of benzene rings is 1. The molecular formula is C9H12N2O2S. The maximum Gasteiger partial charge on any atom is 0.231 e. The van der Waals surface area contributed by atoms with Crippen molar-refractivity contribution in [3.63, 3.8) is 0 Å². The van der Waals surface area contributed by atoms with E-state index >= 15 is 0 Å². The Morgan fingerprint density at radius 1 is 1.29 bits per heavy atom. The molecular weight excluding hydrogens is 200 g/mol. The first kappa shape index (κ1) is 10.7. The third-order valence-corrected chi connectivity index (χ3v) is 2.55. The minimum atomic E-state index is -3.31. The van der Waals surface area contributed by atoms with Gasteiger partial charge < -0.3 is 5.43 Å². The normalized spacial score (nSPS) is 10.9. The molecule has 14 heavy (non-hydrogen) atoms. The molecule has 0 radical (unpaired) electrons. The van der Waals surface area contributed by atoms with Crippen LogP contribution in [0.2, 0.25) is 0 Å². The van der Waals surface area contributed by atoms with Crippen molar-refractivity contribution in [3.8, 4) is 0 Å². The number of para-hydroxylation sites is 1. The molecule has 0 spiro atoms. The van der Waals surface area contributed by atoms with Crippen LogP contribution < -0.4 is 10.3 Å². The zero-order valence-electron chi connectivity index (χ0n) is 7.60. The molecule has 0 aliphatic rings. The van der Waals surface area contributed by atoms with E-state index in [-0.39, 0.29) is 5.75 Å². The zero-order chi connectivity index (χ0) is 10.4. The molecule has 5 heteroatoms. The third kappa shape index (κ3) is 3.59. The second-order valence-corrected chi connectivity index (χ2v) is 4.43. The average molecular weight is 212 g/mol. The summed E-state index contributed by atoms with van der Waals surface area (Å²) in [5.41, 5.74) is 3.28. The van der Waals surface area contributed by atoms with Crippen molar-refractivity contribution < 1.29 is 8.42 Å². The predicted octanol–water partition coefficient (Wildman–Crippen LogP) is 1.12. The Morgan fingerprint density at radius 2 is 1.93 bits per heavy atom. The fourth-order valence-corrected chi connectivity index (χ4v) is 1.52. The molecule has 4 nitrogen and oxygen atoms in total. The van der Waals surface area contributed by atoms with E-state index in [1.807, 2.05) is 18.2 Å². The van der Waals surface area contributed by atoms with E-state index < -0.39 is 10.0 Å². The van der Waals surface area contributed by atoms with E-state index in [0.717, 1.165) is 0 Å². The van der Waals surface area contributed by atoms with Crippen LogP contribution in [-0.4, -0.2) is 14.2 Å². The lowest BCUT2D eigenvalue weighted by Gasteiger charge is -2.07. The van der Waals surface area contributed by atoms with E-state index in [0.29, 0.717) is 5.69 Å². The van der Waals surface area contributed by atoms with Crippen molar-refractivity contribution in [3.05, 3.63) is 43.0 Å². The van der Waals surface area contributed by atoms with Crippen molar-refractivity contribution >= 4 is 15.7 Å². The molecule has 1 aromatic rings. The highest BCUT2D eigenvalue weighted by molar-refractivity contribution is 7.89. The Labute approximate surface area is 83.7 Å². The number of anilines is 1. The summed E-state index contributed by atoms with van der Waals surface area (Å²) in [6.07, 6.45) is 1.33. The van der Waals surface area contributed by atoms with Gasteiger partial charge in [0.1, 0.15) is 0 Å². The smallest absolute Gasteiger partial charge is 0.231 e. The van der Waals surface area contributed by atoms with Gasteiger partial charge in [0.25, 0.3) is 0 Å². The predicted molar refractivity (Wildman–Crippen MR) is 57.2 cm³/mol. The minimum absolute atomic E-state index is 0.104. The first-order valence-corrected chi connectivity index (χ1v) is 5.71. The number of nitrogens with one attached hydrogen (secondary N) is 2. The minimum Gasteiger partial charge on any atom is -0.308 e. The van der Waals surface area contributed by atoms with Crippen LogP contribution in [0.5, 0.6) is 0 Å². The monoisotopic (exact) mass is 212 g/mol. The lowest BCUT2D eigenvalue weighted by molar-refractivity contribution is 0.591. The number of hydrazine groups is 1. The second-order valence-electron chi connectivity index (χ2n) is 2.66. The molecule has 0 aromatic heterocycles. The maximum absolute atomic E-state index is 11.2. The van der Waals surface area contributed by atoms with Gasteiger partial charge in [-0.15, -0.1) is 11.4 Å². The lowest BCUT2D eigenvalue weighted by atomic mass is 10.3. The molecule has 0 amide bonds. The summed E-state index contributed by atoms with van der Waals surface area (Å²) < 4.78 is 22.3. The summed E-state index contributed by atoms with van der Waals surface area (Å²) in [5.74, 6) is -0.104. The molecule has 0 heterocycles. The largest absolute Gasteiger partial charge is 0.308 e. The van der Waals surface area contributed by atoms with Gasteiger partial charge in [0.15, 0.2) is 0 Å². The van der Waals surface area contributed by atoms with Gasteiger partial charge >= 0.3 is 0 Å². The molecule has 0 atom stereocenters. The number of rotatable bonds is 5. The van der Waals surface area contributed by atoms with Crippen LogP contribution in [-0.2, 0) is 10.0 Å². The highest BCUT2D eigenvalue weighted by atomic mass is 32.2. The van der Waals surface area contributed by atoms with Gasteiger partial charge in [-0.1, -0.05) is 24.3 Å². The van der Waals surface area contributed by atoms with Crippen LogP contribution >= 0.6 is 0 Å². The molecule has 1 aromatic carbocycles. The Kier molecular flexibility index (Phi) is 3.67. The molecule has 0 aliphatic heterocycles. The number of hydrogen-bond acceptors (Lipinski definition) is 3. The van der Waals surface area contributed by atoms with Gasteiger partial charge in [-0.2, -0.15) is 0 Å². The van der Waals surface area contributed by atoms with E-state index in [1.54, 1.807) is 12.1 Å². The molecule has 0 unspecified atom stereocenters. The van der Waals surface area contributed by atoms with Gasteiger partial charge in [-0.25, -0.2) is 8.42 Å². The molecule has 0 saturated carbocycles. The van der Waals surface area contributed by atoms with Gasteiger partial charge in [-0.05, 0) is 12.1 Å². The summed E-state index contributed by atoms with van der Waals surface area (Å²) in [7, 11) is -3.31. The summed E-state index contributed by atoms with van der Waals surface area (Å²) in [5, 5.41) is 0. The van der Waals surface area contributed by atoms with Gasteiger partial charge in [0.2, 0.25) is 10.0 Å². The van der Waals surface area contributed by atoms with Crippen LogP contribution in [0.3, 0.4) is 0 Å². The quantitative estimate of drug-likeness (QED) is 0.568. The van der Waals surface area contributed by atoms with Crippen molar-refractivity contribution in [2.75, 3.05) is 11.2 Å². The Morgan fingerprint density at radius 3 is 2.50 bits per heavy atom. The Bertz CT molecular complexity index is 387. The first-order valence-electron chi connectivity index (χ1n) is 4.05. The average Bonchev–Trinajstić information content (AvgIpc) is 2.17. The molecule has 0 fully saturated rings. The van der Waals surface area contributed by atoms with Crippen molar-refractivity contribution in [1.29, 1.82) is 0 Å². The topological polar surface area (TPSA) is 58.2 Å². The molecule has 0 aliphatic carbocycles. The van der Waals surface area contributed by atoms with Crippen LogP contribution in [0, 0.1) is 0 Å². The van der Waals surface area contributed by atoms with Gasteiger partial charge in [-0.3, -0.25) is 0 Å². The fraction of sp³-hybridized carbons (Fsp3) is 0.111. The van der Waals surface area contributed by atoms with E-state index in [1.165, 1.54) is 6.08 Å². The first-order chi connectivity index (χ1) is 6.64. The molecule has 1 rings (SSSR count). The van der Waals surface area contributed by atoms with Gasteiger partial charge in [0, 0.05) is 5.69 Å². The van der Waals surface area contributed by atoms with E-state index in [4.69, 9.17) is 0 Å². The Balaban J connectivity index is 2.53. The molecule has 0 saturated heterocycles. The van der Waals surface area contributed by atoms with E-state index in [9.17, 15) is 8.42 Å². The SMILES string of the molecule is C=CCS(=O)(=O)NNc1ccccc1. The zero-order valence-corrected chi connectivity index (χ0v) is 8.42. The standard InChI is InChI=1S/C9H12N2O2S/c1-2-8-14(12,13)11-10-9-6-4-3-5-7-9/h2-7,10-11H,1,8H2. The summed E-state index contributed by atoms with van der Waals surface area (Å²) in [4.78, 5) is 2.23. The number of sulfonamides is 1. The highest BCUT2D eigenvalue weighted by Crippen LogP contribution is 2.03. The van der Waals surface area contributed by atoms with E-state index in [2.05, 4.69) is 16.8 Å². The van der Waals surface area contributed by atoms with Crippen LogP contribution in [0.1, 0.15) is 0 Å². The van der Waals surface area contributed by atoms with Crippen LogP contribution in [0.15, 0.2) is 43.0 Å². The molecule has 76 valence electrons. The van der Waals surface area contributed by atoms with Crippen LogP contribution in [0.25, 0.3) is 0 Å². The van der Waals surface area contributed by atoms with Gasteiger partial charge in [0.05, 0.1) is 5.75 Å². The maximum atomic E-state index is 11.2. The van der Waals surface area contributed by atoms with Crippen molar-refractivity contribution in [1.82, 2.24) is 4.83 Å². The third-order valence-electron chi connectivity index (χ3n) is 1.46. The molecule has 2 N–H and O–H groups in total. The Hall–Kier alpha value is -1.33. The van der Waals surface area contributed by atoms with Crippen molar-refractivity contribution in [2.24, 2.45) is 0 Å². The summed E-state index contributed by atoms with van der Waals surface area (Å²) >= 11 is 0. The van der Waals surface area contributed by atoms with Crippen molar-refractivity contribution in [2.45, 2.75) is 0 Å². The fourth-order valence-electron chi connectivity index (χ4n) is 0.855.